The van der Waals surface area contributed by atoms with Gasteiger partial charge in [0.25, 0.3) is 0 Å². The zero-order chi connectivity index (χ0) is 15.6. The van der Waals surface area contributed by atoms with E-state index in [0.717, 1.165) is 6.42 Å². The van der Waals surface area contributed by atoms with Crippen molar-refractivity contribution in [2.75, 3.05) is 19.8 Å². The van der Waals surface area contributed by atoms with Gasteiger partial charge in [0, 0.05) is 26.2 Å². The van der Waals surface area contributed by atoms with Crippen LogP contribution in [-0.2, 0) is 22.8 Å². The maximum atomic E-state index is 11.0. The highest BCUT2D eigenvalue weighted by Gasteiger charge is 2.42. The lowest BCUT2D eigenvalue weighted by Gasteiger charge is -2.33. The fourth-order valence-corrected chi connectivity index (χ4v) is 4.71. The largest absolute Gasteiger partial charge is 0.501 e. The first-order valence-electron chi connectivity index (χ1n) is 7.23. The molecule has 0 aliphatic heterocycles. The van der Waals surface area contributed by atoms with Crippen LogP contribution in [0.4, 0.5) is 0 Å². The van der Waals surface area contributed by atoms with Crippen LogP contribution in [0.2, 0.25) is 6.04 Å². The minimum absolute atomic E-state index is 0.290. The van der Waals surface area contributed by atoms with Crippen LogP contribution in [0.5, 0.6) is 0 Å². The van der Waals surface area contributed by atoms with Crippen LogP contribution in [-0.4, -0.2) is 46.7 Å². The average Bonchev–Trinajstić information content (AvgIpc) is 2.36. The summed E-state index contributed by atoms with van der Waals surface area (Å²) in [5, 5.41) is 0. The lowest BCUT2D eigenvalue weighted by Crippen LogP contribution is -2.50. The highest BCUT2D eigenvalue weighted by atomic mass is 28.4. The van der Waals surface area contributed by atoms with E-state index >= 15 is 0 Å². The van der Waals surface area contributed by atoms with E-state index in [1.807, 2.05) is 20.8 Å². The molecule has 0 spiro atoms. The van der Waals surface area contributed by atoms with Crippen molar-refractivity contribution < 1.29 is 22.8 Å². The number of hydrogen-bond donors (Lipinski definition) is 1. The molecule has 0 fully saturated rings. The van der Waals surface area contributed by atoms with E-state index in [1.165, 1.54) is 6.92 Å². The van der Waals surface area contributed by atoms with Crippen molar-refractivity contribution in [3.8, 4) is 0 Å². The van der Waals surface area contributed by atoms with Crippen molar-refractivity contribution >= 4 is 14.8 Å². The van der Waals surface area contributed by atoms with Crippen LogP contribution in [0, 0.1) is 0 Å². The van der Waals surface area contributed by atoms with Crippen molar-refractivity contribution in [3.05, 3.63) is 0 Å². The molecule has 0 aromatic rings. The number of hydrogen-bond acceptors (Lipinski definition) is 6. The summed E-state index contributed by atoms with van der Waals surface area (Å²) in [5.41, 5.74) is 5.57. The lowest BCUT2D eigenvalue weighted by molar-refractivity contribution is -0.151. The Morgan fingerprint density at radius 1 is 1.15 bits per heavy atom. The van der Waals surface area contributed by atoms with Crippen LogP contribution < -0.4 is 5.73 Å². The first kappa shape index (κ1) is 19.5. The highest BCUT2D eigenvalue weighted by molar-refractivity contribution is 6.60. The molecule has 2 unspecified atom stereocenters. The molecule has 2 atom stereocenters. The van der Waals surface area contributed by atoms with E-state index in [4.69, 9.17) is 23.7 Å². The normalized spacial score (nSPS) is 14.9. The van der Waals surface area contributed by atoms with Gasteiger partial charge < -0.3 is 23.7 Å². The van der Waals surface area contributed by atoms with Crippen LogP contribution in [0.3, 0.4) is 0 Å². The third-order valence-corrected chi connectivity index (χ3v) is 5.95. The fourth-order valence-electron chi connectivity index (χ4n) is 1.81. The molecule has 0 heterocycles. The van der Waals surface area contributed by atoms with Gasteiger partial charge in [-0.1, -0.05) is 0 Å². The molecule has 6 nitrogen and oxygen atoms in total. The van der Waals surface area contributed by atoms with Crippen molar-refractivity contribution in [2.45, 2.75) is 59.3 Å². The molecule has 2 N–H and O–H groups in total. The average molecular weight is 307 g/mol. The lowest BCUT2D eigenvalue weighted by atomic mass is 10.3. The number of rotatable bonds is 11. The monoisotopic (exact) mass is 307 g/mol. The summed E-state index contributed by atoms with van der Waals surface area (Å²) in [6.45, 7) is 10.5. The molecule has 0 aliphatic carbocycles. The van der Waals surface area contributed by atoms with Gasteiger partial charge in [-0.05, 0) is 40.7 Å². The standard InChI is InChI=1S/C13H29NO5Si/c1-6-16-20(17-7-2,10-8-9-14)19-12(4)11(3)18-13(5)15/h11-12H,6-10,14H2,1-5H3. The minimum Gasteiger partial charge on any atom is -0.460 e. The first-order valence-corrected chi connectivity index (χ1v) is 9.17. The molecule has 0 aromatic heterocycles. The molecule has 0 amide bonds. The van der Waals surface area contributed by atoms with Crippen molar-refractivity contribution in [1.29, 1.82) is 0 Å². The molecular formula is C13H29NO5Si. The molecule has 0 saturated heterocycles. The van der Waals surface area contributed by atoms with Crippen LogP contribution in [0.1, 0.15) is 41.0 Å². The predicted molar refractivity (Wildman–Crippen MR) is 79.3 cm³/mol. The van der Waals surface area contributed by atoms with E-state index < -0.39 is 8.80 Å². The second-order valence-corrected chi connectivity index (χ2v) is 7.26. The molecule has 0 aliphatic rings. The van der Waals surface area contributed by atoms with Crippen LogP contribution in [0.15, 0.2) is 0 Å². The second kappa shape index (κ2) is 10.3. The van der Waals surface area contributed by atoms with Gasteiger partial charge in [-0.15, -0.1) is 0 Å². The van der Waals surface area contributed by atoms with E-state index in [2.05, 4.69) is 0 Å². The number of esters is 1. The van der Waals surface area contributed by atoms with Gasteiger partial charge in [0.15, 0.2) is 0 Å². The number of carbonyl (C=O) groups is 1. The van der Waals surface area contributed by atoms with E-state index in [9.17, 15) is 4.79 Å². The third kappa shape index (κ3) is 7.35. The summed E-state index contributed by atoms with van der Waals surface area (Å²) >= 11 is 0. The van der Waals surface area contributed by atoms with Gasteiger partial charge in [-0.2, -0.15) is 0 Å². The molecule has 20 heavy (non-hydrogen) atoms. The van der Waals surface area contributed by atoms with Crippen molar-refractivity contribution in [1.82, 2.24) is 0 Å². The SMILES string of the molecule is CCO[Si](CCCN)(OCC)OC(C)C(C)OC(C)=O. The Hall–Kier alpha value is -0.473. The minimum atomic E-state index is -2.76. The van der Waals surface area contributed by atoms with Gasteiger partial charge in [-0.3, -0.25) is 4.79 Å². The number of ether oxygens (including phenoxy) is 1. The maximum absolute atomic E-state index is 11.0. The van der Waals surface area contributed by atoms with E-state index in [-0.39, 0.29) is 18.2 Å². The summed E-state index contributed by atoms with van der Waals surface area (Å²) in [6.07, 6.45) is 0.139. The molecule has 0 bridgehead atoms. The fraction of sp³-hybridized carbons (Fsp3) is 0.923. The van der Waals surface area contributed by atoms with Crippen LogP contribution >= 0.6 is 0 Å². The summed E-state index contributed by atoms with van der Waals surface area (Å²) in [5.74, 6) is -0.324. The van der Waals surface area contributed by atoms with Gasteiger partial charge >= 0.3 is 14.8 Å². The first-order chi connectivity index (χ1) is 9.40. The van der Waals surface area contributed by atoms with E-state index in [1.54, 1.807) is 6.92 Å². The topological polar surface area (TPSA) is 80.0 Å². The predicted octanol–water partition coefficient (Wildman–Crippen LogP) is 1.70. The second-order valence-electron chi connectivity index (χ2n) is 4.58. The summed E-state index contributed by atoms with van der Waals surface area (Å²) in [4.78, 5) is 11.0. The highest BCUT2D eigenvalue weighted by Crippen LogP contribution is 2.21. The van der Waals surface area contributed by atoms with Gasteiger partial charge in [0.1, 0.15) is 6.10 Å². The summed E-state index contributed by atoms with van der Waals surface area (Å²) in [7, 11) is -2.76. The summed E-state index contributed by atoms with van der Waals surface area (Å²) < 4.78 is 22.8. The van der Waals surface area contributed by atoms with Gasteiger partial charge in [0.2, 0.25) is 0 Å². The number of carbonyl (C=O) groups excluding carboxylic acids is 1. The zero-order valence-electron chi connectivity index (χ0n) is 13.3. The maximum Gasteiger partial charge on any atom is 0.501 e. The number of nitrogens with two attached hydrogens (primary N) is 1. The van der Waals surface area contributed by atoms with Gasteiger partial charge in [0.05, 0.1) is 6.10 Å². The Balaban J connectivity index is 4.77. The zero-order valence-corrected chi connectivity index (χ0v) is 14.3. The van der Waals surface area contributed by atoms with E-state index in [0.29, 0.717) is 25.8 Å². The molecule has 0 rings (SSSR count). The Bertz CT molecular complexity index is 271. The molecule has 0 radical (unpaired) electrons. The Kier molecular flexibility index (Phi) is 10.0. The molecule has 0 saturated carbocycles. The summed E-state index contributed by atoms with van der Waals surface area (Å²) in [6, 6.07) is 0.669. The molecule has 120 valence electrons. The molecule has 7 heteroatoms. The third-order valence-electron chi connectivity index (χ3n) is 2.79. The Morgan fingerprint density at radius 2 is 1.70 bits per heavy atom. The van der Waals surface area contributed by atoms with Crippen molar-refractivity contribution in [3.63, 3.8) is 0 Å². The Morgan fingerprint density at radius 3 is 2.10 bits per heavy atom. The van der Waals surface area contributed by atoms with Gasteiger partial charge in [-0.25, -0.2) is 0 Å². The molecule has 0 aromatic carbocycles. The quantitative estimate of drug-likeness (QED) is 0.462. The molecular weight excluding hydrogens is 278 g/mol. The van der Waals surface area contributed by atoms with Crippen LogP contribution in [0.25, 0.3) is 0 Å². The smallest absolute Gasteiger partial charge is 0.460 e. The van der Waals surface area contributed by atoms with Crippen molar-refractivity contribution in [2.24, 2.45) is 5.73 Å². The Labute approximate surface area is 123 Å².